The van der Waals surface area contributed by atoms with E-state index >= 15 is 0 Å². The number of ether oxygens (including phenoxy) is 2. The second-order valence-corrected chi connectivity index (χ2v) is 7.71. The summed E-state index contributed by atoms with van der Waals surface area (Å²) in [5.41, 5.74) is 2.36. The Morgan fingerprint density at radius 1 is 1.27 bits per heavy atom. The summed E-state index contributed by atoms with van der Waals surface area (Å²) in [6.45, 7) is 4.16. The lowest BCUT2D eigenvalue weighted by atomic mass is 9.82. The Morgan fingerprint density at radius 2 is 2.07 bits per heavy atom. The van der Waals surface area contributed by atoms with Crippen molar-refractivity contribution in [3.8, 4) is 11.5 Å². The largest absolute Gasteiger partial charge is 0.509 e. The Bertz CT molecular complexity index is 878. The van der Waals surface area contributed by atoms with Crippen LogP contribution in [0.2, 0.25) is 0 Å². The minimum atomic E-state index is -1.11. The summed E-state index contributed by atoms with van der Waals surface area (Å²) in [5.74, 6) is 1.39. The molecule has 30 heavy (non-hydrogen) atoms. The molecule has 0 saturated heterocycles. The van der Waals surface area contributed by atoms with E-state index in [0.717, 1.165) is 24.2 Å². The molecule has 1 heterocycles. The molecular formula is C24H30O6. The highest BCUT2D eigenvalue weighted by molar-refractivity contribution is 5.47. The number of allylic oxidation sites excluding steroid dienone is 4. The quantitative estimate of drug-likeness (QED) is 0.386. The number of rotatable bonds is 6. The minimum Gasteiger partial charge on any atom is -0.509 e. The highest BCUT2D eigenvalue weighted by Gasteiger charge is 2.25. The van der Waals surface area contributed by atoms with Crippen LogP contribution in [0.4, 0.5) is 0 Å². The van der Waals surface area contributed by atoms with Crippen LogP contribution >= 0.6 is 0 Å². The smallest absolute Gasteiger partial charge is 0.158 e. The molecule has 6 nitrogen and oxygen atoms in total. The van der Waals surface area contributed by atoms with Crippen molar-refractivity contribution in [2.24, 2.45) is 5.92 Å². The van der Waals surface area contributed by atoms with Gasteiger partial charge < -0.3 is 29.9 Å². The first-order valence-electron chi connectivity index (χ1n) is 10.3. The van der Waals surface area contributed by atoms with Crippen LogP contribution in [0.15, 0.2) is 65.4 Å². The van der Waals surface area contributed by atoms with Crippen LogP contribution in [0.5, 0.6) is 11.5 Å². The molecule has 0 saturated carbocycles. The molecule has 3 atom stereocenters. The summed E-state index contributed by atoms with van der Waals surface area (Å²) < 4.78 is 11.6. The third kappa shape index (κ3) is 5.19. The molecule has 0 fully saturated rings. The zero-order chi connectivity index (χ0) is 21.7. The van der Waals surface area contributed by atoms with Gasteiger partial charge in [-0.1, -0.05) is 24.6 Å². The Balaban J connectivity index is 1.68. The van der Waals surface area contributed by atoms with Gasteiger partial charge >= 0.3 is 0 Å². The van der Waals surface area contributed by atoms with Crippen molar-refractivity contribution in [1.82, 2.24) is 0 Å². The first-order valence-corrected chi connectivity index (χ1v) is 10.3. The van der Waals surface area contributed by atoms with Gasteiger partial charge in [0.05, 0.1) is 6.61 Å². The first-order chi connectivity index (χ1) is 14.4. The summed E-state index contributed by atoms with van der Waals surface area (Å²) in [6, 6.07) is 5.70. The lowest BCUT2D eigenvalue weighted by Gasteiger charge is -2.22. The lowest BCUT2D eigenvalue weighted by Crippen LogP contribution is -2.09. The topological polar surface area (TPSA) is 99.4 Å². The number of hydrogen-bond acceptors (Lipinski definition) is 6. The average Bonchev–Trinajstić information content (AvgIpc) is 3.03. The van der Waals surface area contributed by atoms with Gasteiger partial charge in [-0.05, 0) is 50.0 Å². The molecule has 3 unspecified atom stereocenters. The van der Waals surface area contributed by atoms with E-state index in [4.69, 9.17) is 9.47 Å². The Kier molecular flexibility index (Phi) is 7.11. The number of hydrogen-bond donors (Lipinski definition) is 4. The van der Waals surface area contributed by atoms with Gasteiger partial charge in [0.1, 0.15) is 35.7 Å². The molecule has 1 aliphatic heterocycles. The first kappa shape index (κ1) is 21.8. The van der Waals surface area contributed by atoms with Gasteiger partial charge in [-0.15, -0.1) is 0 Å². The fourth-order valence-electron chi connectivity index (χ4n) is 3.85. The molecule has 0 radical (unpaired) electrons. The molecule has 0 aromatic heterocycles. The van der Waals surface area contributed by atoms with Crippen molar-refractivity contribution in [2.75, 3.05) is 13.2 Å². The number of benzene rings is 1. The summed E-state index contributed by atoms with van der Waals surface area (Å²) >= 11 is 0. The van der Waals surface area contributed by atoms with Crippen LogP contribution in [0, 0.1) is 5.92 Å². The summed E-state index contributed by atoms with van der Waals surface area (Å²) in [5, 5.41) is 38.3. The van der Waals surface area contributed by atoms with Crippen molar-refractivity contribution >= 4 is 0 Å². The zero-order valence-corrected chi connectivity index (χ0v) is 17.4. The molecule has 1 aliphatic carbocycles. The van der Waals surface area contributed by atoms with Gasteiger partial charge in [0.2, 0.25) is 0 Å². The predicted octanol–water partition coefficient (Wildman–Crippen LogP) is 4.99. The molecular weight excluding hydrogens is 384 g/mol. The van der Waals surface area contributed by atoms with Crippen molar-refractivity contribution in [3.63, 3.8) is 0 Å². The number of aliphatic hydroxyl groups excluding tert-OH is 4. The fraction of sp³-hybridized carbons (Fsp3) is 0.417. The monoisotopic (exact) mass is 414 g/mol. The second kappa shape index (κ2) is 9.76. The van der Waals surface area contributed by atoms with Crippen LogP contribution in [-0.2, 0) is 0 Å². The third-order valence-electron chi connectivity index (χ3n) is 5.57. The van der Waals surface area contributed by atoms with E-state index in [1.165, 1.54) is 12.5 Å². The molecule has 3 rings (SSSR count). The maximum absolute atomic E-state index is 9.75. The molecule has 2 aliphatic rings. The standard InChI is InChI=1S/C24H30O6/c1-15-20(17-4-3-5-18(26)7-6-17)10-12-30-23-14-19(8-9-21(15)23)29-13-11-22(27)24(28)16(2)25/h5-10,14-17,25-28H,3-4,11-13H2,1-2H3/b24-22-. The van der Waals surface area contributed by atoms with E-state index in [2.05, 4.69) is 19.1 Å². The second-order valence-electron chi connectivity index (χ2n) is 7.71. The van der Waals surface area contributed by atoms with Gasteiger partial charge in [0.25, 0.3) is 0 Å². The normalized spacial score (nSPS) is 23.0. The predicted molar refractivity (Wildman–Crippen MR) is 115 cm³/mol. The Hall–Kier alpha value is -2.86. The molecule has 0 spiro atoms. The van der Waals surface area contributed by atoms with Crippen LogP contribution in [0.3, 0.4) is 0 Å². The van der Waals surface area contributed by atoms with Crippen LogP contribution in [0.1, 0.15) is 44.6 Å². The van der Waals surface area contributed by atoms with Gasteiger partial charge in [-0.3, -0.25) is 0 Å². The molecule has 0 amide bonds. The van der Waals surface area contributed by atoms with Gasteiger partial charge in [-0.25, -0.2) is 0 Å². The summed E-state index contributed by atoms with van der Waals surface area (Å²) in [6.07, 6.45) is 8.57. The van der Waals surface area contributed by atoms with E-state index in [1.54, 1.807) is 6.08 Å². The summed E-state index contributed by atoms with van der Waals surface area (Å²) in [7, 11) is 0. The number of fused-ring (bicyclic) bond motifs is 1. The molecule has 0 bridgehead atoms. The fourth-order valence-corrected chi connectivity index (χ4v) is 3.85. The molecule has 162 valence electrons. The van der Waals surface area contributed by atoms with E-state index in [0.29, 0.717) is 18.1 Å². The Morgan fingerprint density at radius 3 is 2.83 bits per heavy atom. The minimum absolute atomic E-state index is 0.0890. The third-order valence-corrected chi connectivity index (χ3v) is 5.57. The molecule has 6 heteroatoms. The van der Waals surface area contributed by atoms with Gasteiger partial charge in [0.15, 0.2) is 5.76 Å². The van der Waals surface area contributed by atoms with Crippen LogP contribution in [-0.4, -0.2) is 39.7 Å². The van der Waals surface area contributed by atoms with E-state index < -0.39 is 11.9 Å². The van der Waals surface area contributed by atoms with Crippen molar-refractivity contribution in [1.29, 1.82) is 0 Å². The van der Waals surface area contributed by atoms with Gasteiger partial charge in [-0.2, -0.15) is 0 Å². The van der Waals surface area contributed by atoms with Gasteiger partial charge in [0, 0.05) is 24.0 Å². The molecule has 1 aromatic carbocycles. The van der Waals surface area contributed by atoms with Crippen molar-refractivity contribution in [2.45, 2.75) is 45.1 Å². The van der Waals surface area contributed by atoms with E-state index in [9.17, 15) is 20.4 Å². The van der Waals surface area contributed by atoms with Crippen molar-refractivity contribution < 1.29 is 29.9 Å². The highest BCUT2D eigenvalue weighted by atomic mass is 16.5. The number of aliphatic hydroxyl groups is 4. The van der Waals surface area contributed by atoms with E-state index in [-0.39, 0.29) is 30.6 Å². The maximum atomic E-state index is 9.75. The van der Waals surface area contributed by atoms with Crippen LogP contribution < -0.4 is 9.47 Å². The lowest BCUT2D eigenvalue weighted by molar-refractivity contribution is 0.149. The maximum Gasteiger partial charge on any atom is 0.158 e. The Labute approximate surface area is 177 Å². The SMILES string of the molecule is CC(O)/C(O)=C(/O)CCOc1ccc2c(c1)OCC=C(C1C=CC(O)=CCC1)C2C. The summed E-state index contributed by atoms with van der Waals surface area (Å²) in [4.78, 5) is 0. The molecule has 4 N–H and O–H groups in total. The zero-order valence-electron chi connectivity index (χ0n) is 17.4. The highest BCUT2D eigenvalue weighted by Crippen LogP contribution is 2.41. The van der Waals surface area contributed by atoms with E-state index in [1.807, 2.05) is 24.3 Å². The molecule has 1 aromatic rings. The van der Waals surface area contributed by atoms with Crippen molar-refractivity contribution in [3.05, 3.63) is 70.9 Å². The van der Waals surface area contributed by atoms with Crippen LogP contribution in [0.25, 0.3) is 0 Å². The average molecular weight is 414 g/mol.